The minimum Gasteiger partial charge on any atom is -0.441 e. The van der Waals surface area contributed by atoms with Gasteiger partial charge in [0.05, 0.1) is 17.8 Å². The largest absolute Gasteiger partial charge is 0.441 e. The van der Waals surface area contributed by atoms with Gasteiger partial charge in [-0.05, 0) is 44.0 Å². The Balaban J connectivity index is 1.51. The molecule has 2 aromatic carbocycles. The van der Waals surface area contributed by atoms with E-state index in [1.165, 1.54) is 0 Å². The normalized spacial score (nSPS) is 13.5. The molecule has 1 aromatic heterocycles. The molecule has 0 saturated heterocycles. The fourth-order valence-corrected chi connectivity index (χ4v) is 3.38. The number of hydrogen-bond donors (Lipinski definition) is 2. The fourth-order valence-electron chi connectivity index (χ4n) is 3.38. The second-order valence-electron chi connectivity index (χ2n) is 7.59. The van der Waals surface area contributed by atoms with E-state index in [9.17, 15) is 22.8 Å². The summed E-state index contributed by atoms with van der Waals surface area (Å²) in [5.41, 5.74) is 0.425. The van der Waals surface area contributed by atoms with Gasteiger partial charge >= 0.3 is 0 Å². The van der Waals surface area contributed by atoms with Gasteiger partial charge in [0, 0.05) is 5.92 Å². The highest BCUT2D eigenvalue weighted by atomic mass is 19.2. The van der Waals surface area contributed by atoms with Crippen molar-refractivity contribution in [2.45, 2.75) is 32.7 Å². The van der Waals surface area contributed by atoms with Crippen LogP contribution in [0.1, 0.15) is 41.1 Å². The second kappa shape index (κ2) is 8.86. The minimum atomic E-state index is -1.56. The van der Waals surface area contributed by atoms with Crippen molar-refractivity contribution in [1.82, 2.24) is 10.3 Å². The van der Waals surface area contributed by atoms with Crippen LogP contribution in [0, 0.1) is 30.3 Å². The number of aromatic nitrogens is 1. The van der Waals surface area contributed by atoms with Gasteiger partial charge in [0.2, 0.25) is 11.8 Å². The summed E-state index contributed by atoms with van der Waals surface area (Å²) in [6.45, 7) is 1.43. The third-order valence-electron chi connectivity index (χ3n) is 5.47. The average Bonchev–Trinajstić information content (AvgIpc) is 3.09. The van der Waals surface area contributed by atoms with E-state index in [2.05, 4.69) is 15.6 Å². The summed E-state index contributed by atoms with van der Waals surface area (Å²) in [6, 6.07) is 8.31. The Morgan fingerprint density at radius 3 is 2.53 bits per heavy atom. The van der Waals surface area contributed by atoms with Crippen LogP contribution in [0.5, 0.6) is 0 Å². The van der Waals surface area contributed by atoms with Gasteiger partial charge in [0.15, 0.2) is 11.6 Å². The number of hydrogen-bond acceptors (Lipinski definition) is 4. The maximum Gasteiger partial charge on any atom is 0.257 e. The number of carbonyl (C=O) groups is 2. The molecular formula is C23H20F3N3O3. The van der Waals surface area contributed by atoms with Crippen LogP contribution in [0.25, 0.3) is 11.5 Å². The first kappa shape index (κ1) is 21.6. The molecule has 2 amide bonds. The van der Waals surface area contributed by atoms with Gasteiger partial charge in [0.25, 0.3) is 5.91 Å². The highest BCUT2D eigenvalue weighted by Gasteiger charge is 2.26. The number of nitrogens with zero attached hydrogens (tertiary/aromatic N) is 1. The van der Waals surface area contributed by atoms with E-state index in [0.29, 0.717) is 34.8 Å². The maximum atomic E-state index is 13.8. The molecule has 1 heterocycles. The lowest BCUT2D eigenvalue weighted by Gasteiger charge is -2.24. The van der Waals surface area contributed by atoms with Crippen molar-refractivity contribution in [3.05, 3.63) is 70.9 Å². The van der Waals surface area contributed by atoms with Crippen LogP contribution in [0.3, 0.4) is 0 Å². The molecule has 0 atom stereocenters. The molecule has 0 spiro atoms. The first-order valence-corrected chi connectivity index (χ1v) is 10.1. The molecule has 32 heavy (non-hydrogen) atoms. The molecular weight excluding hydrogens is 423 g/mol. The highest BCUT2D eigenvalue weighted by Crippen LogP contribution is 2.32. The van der Waals surface area contributed by atoms with Crippen LogP contribution in [-0.4, -0.2) is 16.8 Å². The summed E-state index contributed by atoms with van der Waals surface area (Å²) in [5.74, 6) is -4.62. The maximum absolute atomic E-state index is 13.8. The van der Waals surface area contributed by atoms with Crippen LogP contribution in [0.4, 0.5) is 18.9 Å². The first-order chi connectivity index (χ1) is 15.3. The van der Waals surface area contributed by atoms with E-state index >= 15 is 0 Å². The molecule has 0 radical (unpaired) electrons. The Hall–Kier alpha value is -3.62. The van der Waals surface area contributed by atoms with Crippen molar-refractivity contribution >= 4 is 17.5 Å². The molecule has 1 aliphatic carbocycles. The molecule has 3 aromatic rings. The van der Waals surface area contributed by atoms with Gasteiger partial charge < -0.3 is 15.1 Å². The number of nitrogens with one attached hydrogen (secondary N) is 2. The number of benzene rings is 2. The van der Waals surface area contributed by atoms with Crippen LogP contribution in [0.15, 0.2) is 40.8 Å². The van der Waals surface area contributed by atoms with Crippen LogP contribution >= 0.6 is 0 Å². The molecule has 4 rings (SSSR count). The van der Waals surface area contributed by atoms with E-state index in [1.54, 1.807) is 31.2 Å². The quantitative estimate of drug-likeness (QED) is 0.539. The molecule has 0 aliphatic heterocycles. The molecule has 0 unspecified atom stereocenters. The Bertz CT molecular complexity index is 1190. The summed E-state index contributed by atoms with van der Waals surface area (Å²) in [7, 11) is 0. The first-order valence-electron chi connectivity index (χ1n) is 10.1. The summed E-state index contributed by atoms with van der Waals surface area (Å²) < 4.78 is 46.7. The molecule has 1 saturated carbocycles. The number of carbonyl (C=O) groups excluding carboxylic acids is 2. The minimum absolute atomic E-state index is 0.00346. The summed E-state index contributed by atoms with van der Waals surface area (Å²) in [4.78, 5) is 28.9. The van der Waals surface area contributed by atoms with E-state index in [4.69, 9.17) is 4.42 Å². The molecule has 9 heteroatoms. The Labute approximate surface area is 181 Å². The third-order valence-corrected chi connectivity index (χ3v) is 5.47. The van der Waals surface area contributed by atoms with E-state index in [0.717, 1.165) is 19.3 Å². The van der Waals surface area contributed by atoms with Crippen LogP contribution in [-0.2, 0) is 11.3 Å². The van der Waals surface area contributed by atoms with E-state index in [-0.39, 0.29) is 24.3 Å². The monoisotopic (exact) mass is 443 g/mol. The van der Waals surface area contributed by atoms with Crippen molar-refractivity contribution < 1.29 is 27.2 Å². The zero-order chi connectivity index (χ0) is 22.8. The van der Waals surface area contributed by atoms with Crippen molar-refractivity contribution in [2.24, 2.45) is 5.92 Å². The Morgan fingerprint density at radius 1 is 1.09 bits per heavy atom. The molecule has 0 bridgehead atoms. The van der Waals surface area contributed by atoms with Crippen molar-refractivity contribution in [3.8, 4) is 11.5 Å². The highest BCUT2D eigenvalue weighted by molar-refractivity contribution is 5.96. The lowest BCUT2D eigenvalue weighted by molar-refractivity contribution is -0.122. The fraction of sp³-hybridized carbons (Fsp3) is 0.261. The van der Waals surface area contributed by atoms with Gasteiger partial charge in [-0.1, -0.05) is 18.6 Å². The van der Waals surface area contributed by atoms with Gasteiger partial charge in [0.1, 0.15) is 22.8 Å². The Morgan fingerprint density at radius 2 is 1.81 bits per heavy atom. The van der Waals surface area contributed by atoms with Crippen LogP contribution < -0.4 is 10.6 Å². The van der Waals surface area contributed by atoms with Gasteiger partial charge in [-0.25, -0.2) is 18.2 Å². The van der Waals surface area contributed by atoms with E-state index in [1.807, 2.05) is 0 Å². The molecule has 6 nitrogen and oxygen atoms in total. The Kier molecular flexibility index (Phi) is 5.98. The average molecular weight is 443 g/mol. The van der Waals surface area contributed by atoms with Crippen molar-refractivity contribution in [2.75, 3.05) is 5.32 Å². The molecule has 166 valence electrons. The number of para-hydroxylation sites is 1. The van der Waals surface area contributed by atoms with Gasteiger partial charge in [-0.3, -0.25) is 9.59 Å². The number of anilines is 1. The second-order valence-corrected chi connectivity index (χ2v) is 7.59. The predicted octanol–water partition coefficient (Wildman–Crippen LogP) is 4.74. The number of aryl methyl sites for hydroxylation is 1. The number of halogens is 3. The summed E-state index contributed by atoms with van der Waals surface area (Å²) >= 11 is 0. The van der Waals surface area contributed by atoms with Crippen molar-refractivity contribution in [1.29, 1.82) is 0 Å². The smallest absolute Gasteiger partial charge is 0.257 e. The van der Waals surface area contributed by atoms with E-state index < -0.39 is 28.9 Å². The standard InChI is InChI=1S/C23H20F3N3O3/c1-12-18(11-27-22(31)19-15(24)9-10-16(25)20(19)26)29-23(32-12)14-7-2-3-8-17(14)28-21(30)13-5-4-6-13/h2-3,7-10,13H,4-6,11H2,1H3,(H,27,31)(H,28,30). The van der Waals surface area contributed by atoms with Crippen LogP contribution in [0.2, 0.25) is 0 Å². The topological polar surface area (TPSA) is 84.2 Å². The summed E-state index contributed by atoms with van der Waals surface area (Å²) in [5, 5.41) is 5.23. The van der Waals surface area contributed by atoms with Crippen molar-refractivity contribution in [3.63, 3.8) is 0 Å². The zero-order valence-corrected chi connectivity index (χ0v) is 17.2. The lowest BCUT2D eigenvalue weighted by Crippen LogP contribution is -2.28. The number of oxazole rings is 1. The van der Waals surface area contributed by atoms with Gasteiger partial charge in [-0.2, -0.15) is 0 Å². The molecule has 1 aliphatic rings. The molecule has 1 fully saturated rings. The third kappa shape index (κ3) is 4.23. The molecule has 2 N–H and O–H groups in total. The SMILES string of the molecule is Cc1oc(-c2ccccc2NC(=O)C2CCC2)nc1CNC(=O)c1c(F)ccc(F)c1F. The summed E-state index contributed by atoms with van der Waals surface area (Å²) in [6.07, 6.45) is 2.77. The lowest BCUT2D eigenvalue weighted by atomic mass is 9.85. The zero-order valence-electron chi connectivity index (χ0n) is 17.2. The number of amides is 2. The van der Waals surface area contributed by atoms with Gasteiger partial charge in [-0.15, -0.1) is 0 Å². The number of rotatable bonds is 6. The predicted molar refractivity (Wildman–Crippen MR) is 110 cm³/mol.